The van der Waals surface area contributed by atoms with Gasteiger partial charge in [-0.3, -0.25) is 4.21 Å². The van der Waals surface area contributed by atoms with E-state index in [0.29, 0.717) is 18.1 Å². The van der Waals surface area contributed by atoms with Gasteiger partial charge in [-0.05, 0) is 25.5 Å². The molecule has 100 valence electrons. The van der Waals surface area contributed by atoms with E-state index in [1.54, 1.807) is 19.2 Å². The standard InChI is InChI=1S/C12H18N2O3S/c1-8(18(3)17)6-7-13-11-5-4-10(12(15)16)9(2)14-11/h4-5,8H,6-7H2,1-3H3,(H,13,14)(H,15,16). The average molecular weight is 270 g/mol. The van der Waals surface area contributed by atoms with E-state index in [2.05, 4.69) is 10.3 Å². The molecule has 0 radical (unpaired) electrons. The van der Waals surface area contributed by atoms with Crippen molar-refractivity contribution in [3.63, 3.8) is 0 Å². The molecule has 1 aromatic rings. The number of rotatable bonds is 6. The first-order chi connectivity index (χ1) is 8.41. The molecule has 18 heavy (non-hydrogen) atoms. The molecule has 2 unspecified atom stereocenters. The van der Waals surface area contributed by atoms with Crippen molar-refractivity contribution in [1.82, 2.24) is 4.98 Å². The molecule has 2 N–H and O–H groups in total. The second-order valence-electron chi connectivity index (χ2n) is 4.16. The monoisotopic (exact) mass is 270 g/mol. The lowest BCUT2D eigenvalue weighted by Gasteiger charge is -2.10. The number of pyridine rings is 1. The van der Waals surface area contributed by atoms with Crippen molar-refractivity contribution >= 4 is 22.6 Å². The quantitative estimate of drug-likeness (QED) is 0.821. The Labute approximate surface area is 109 Å². The Bertz CT molecular complexity index is 463. The first kappa shape index (κ1) is 14.6. The molecule has 0 spiro atoms. The molecule has 1 heterocycles. The average Bonchev–Trinajstić information content (AvgIpc) is 2.28. The van der Waals surface area contributed by atoms with E-state index < -0.39 is 16.8 Å². The van der Waals surface area contributed by atoms with E-state index in [4.69, 9.17) is 5.11 Å². The first-order valence-corrected chi connectivity index (χ1v) is 7.31. The fourth-order valence-electron chi connectivity index (χ4n) is 1.46. The molecule has 0 aliphatic rings. The summed E-state index contributed by atoms with van der Waals surface area (Å²) in [6.07, 6.45) is 2.47. The summed E-state index contributed by atoms with van der Waals surface area (Å²) in [4.78, 5) is 15.0. The Morgan fingerprint density at radius 2 is 2.22 bits per heavy atom. The third-order valence-electron chi connectivity index (χ3n) is 2.74. The minimum atomic E-state index is -0.971. The van der Waals surface area contributed by atoms with Gasteiger partial charge in [-0.2, -0.15) is 0 Å². The number of aryl methyl sites for hydroxylation is 1. The van der Waals surface area contributed by atoms with Crippen molar-refractivity contribution in [1.29, 1.82) is 0 Å². The smallest absolute Gasteiger partial charge is 0.337 e. The third-order valence-corrected chi connectivity index (χ3v) is 4.11. The molecule has 6 heteroatoms. The number of anilines is 1. The Hall–Kier alpha value is -1.43. The second kappa shape index (κ2) is 6.49. The Morgan fingerprint density at radius 3 is 2.72 bits per heavy atom. The molecule has 0 fully saturated rings. The zero-order valence-corrected chi connectivity index (χ0v) is 11.6. The van der Waals surface area contributed by atoms with Crippen molar-refractivity contribution in [2.75, 3.05) is 18.1 Å². The molecule has 0 aliphatic heterocycles. The van der Waals surface area contributed by atoms with E-state index >= 15 is 0 Å². The van der Waals surface area contributed by atoms with Gasteiger partial charge in [0.15, 0.2) is 0 Å². The van der Waals surface area contributed by atoms with Gasteiger partial charge in [-0.1, -0.05) is 6.92 Å². The molecule has 1 aromatic heterocycles. The van der Waals surface area contributed by atoms with Gasteiger partial charge >= 0.3 is 5.97 Å². The fourth-order valence-corrected chi connectivity index (χ4v) is 1.90. The third kappa shape index (κ3) is 4.10. The first-order valence-electron chi connectivity index (χ1n) is 5.69. The fraction of sp³-hybridized carbons (Fsp3) is 0.500. The van der Waals surface area contributed by atoms with Gasteiger partial charge in [0.1, 0.15) is 5.82 Å². The zero-order chi connectivity index (χ0) is 13.7. The Balaban J connectivity index is 2.56. The van der Waals surface area contributed by atoms with Crippen LogP contribution in [0.3, 0.4) is 0 Å². The number of hydrogen-bond acceptors (Lipinski definition) is 4. The molecule has 0 aliphatic carbocycles. The van der Waals surface area contributed by atoms with Crippen LogP contribution in [0.15, 0.2) is 12.1 Å². The van der Waals surface area contributed by atoms with E-state index in [1.165, 1.54) is 6.07 Å². The Kier molecular flexibility index (Phi) is 5.27. The van der Waals surface area contributed by atoms with Crippen LogP contribution in [-0.4, -0.2) is 38.3 Å². The summed E-state index contributed by atoms with van der Waals surface area (Å²) in [5.74, 6) is -0.326. The van der Waals surface area contributed by atoms with Gasteiger partial charge in [-0.25, -0.2) is 9.78 Å². The minimum absolute atomic E-state index is 0.136. The van der Waals surface area contributed by atoms with Crippen LogP contribution in [0.5, 0.6) is 0 Å². The molecule has 2 atom stereocenters. The molecule has 0 bridgehead atoms. The highest BCUT2D eigenvalue weighted by Crippen LogP contribution is 2.11. The summed E-state index contributed by atoms with van der Waals surface area (Å²) >= 11 is 0. The maximum Gasteiger partial charge on any atom is 0.337 e. The summed E-state index contributed by atoms with van der Waals surface area (Å²) < 4.78 is 11.2. The van der Waals surface area contributed by atoms with E-state index in [-0.39, 0.29) is 10.8 Å². The molecule has 1 rings (SSSR count). The highest BCUT2D eigenvalue weighted by Gasteiger charge is 2.09. The normalized spacial score (nSPS) is 13.9. The van der Waals surface area contributed by atoms with Crippen LogP contribution >= 0.6 is 0 Å². The van der Waals surface area contributed by atoms with Crippen molar-refractivity contribution in [3.05, 3.63) is 23.4 Å². The molecule has 0 amide bonds. The minimum Gasteiger partial charge on any atom is -0.478 e. The molecule has 0 saturated carbocycles. The van der Waals surface area contributed by atoms with E-state index in [1.807, 2.05) is 6.92 Å². The SMILES string of the molecule is Cc1nc(NCCC(C)S(C)=O)ccc1C(=O)O. The topological polar surface area (TPSA) is 79.3 Å². The maximum atomic E-state index is 11.2. The van der Waals surface area contributed by atoms with Crippen LogP contribution in [0.25, 0.3) is 0 Å². The van der Waals surface area contributed by atoms with Crippen LogP contribution in [0.2, 0.25) is 0 Å². The molecule has 0 aromatic carbocycles. The van der Waals surface area contributed by atoms with Crippen LogP contribution in [-0.2, 0) is 10.8 Å². The van der Waals surface area contributed by atoms with Crippen LogP contribution in [0.1, 0.15) is 29.4 Å². The molecular formula is C12H18N2O3S. The van der Waals surface area contributed by atoms with Gasteiger partial charge in [0, 0.05) is 28.9 Å². The number of carboxylic acids is 1. The highest BCUT2D eigenvalue weighted by atomic mass is 32.2. The van der Waals surface area contributed by atoms with Gasteiger partial charge in [0.25, 0.3) is 0 Å². The van der Waals surface area contributed by atoms with Gasteiger partial charge in [0.05, 0.1) is 11.3 Å². The number of carbonyl (C=O) groups is 1. The molecular weight excluding hydrogens is 252 g/mol. The van der Waals surface area contributed by atoms with Crippen molar-refractivity contribution in [2.24, 2.45) is 0 Å². The number of nitrogens with zero attached hydrogens (tertiary/aromatic N) is 1. The summed E-state index contributed by atoms with van der Waals surface area (Å²) in [6, 6.07) is 3.18. The summed E-state index contributed by atoms with van der Waals surface area (Å²) in [5, 5.41) is 12.1. The van der Waals surface area contributed by atoms with Gasteiger partial charge < -0.3 is 10.4 Å². The predicted octanol–water partition coefficient (Wildman–Crippen LogP) is 1.66. The molecule has 0 saturated heterocycles. The number of aromatic carboxylic acids is 1. The van der Waals surface area contributed by atoms with Crippen molar-refractivity contribution < 1.29 is 14.1 Å². The van der Waals surface area contributed by atoms with Crippen LogP contribution < -0.4 is 5.32 Å². The lowest BCUT2D eigenvalue weighted by atomic mass is 10.2. The Morgan fingerprint density at radius 1 is 1.56 bits per heavy atom. The van der Waals surface area contributed by atoms with Crippen molar-refractivity contribution in [2.45, 2.75) is 25.5 Å². The lowest BCUT2D eigenvalue weighted by Crippen LogP contribution is -2.15. The second-order valence-corrected chi connectivity index (χ2v) is 5.96. The van der Waals surface area contributed by atoms with Crippen molar-refractivity contribution in [3.8, 4) is 0 Å². The predicted molar refractivity (Wildman–Crippen MR) is 72.6 cm³/mol. The van der Waals surface area contributed by atoms with Crippen LogP contribution in [0, 0.1) is 6.92 Å². The zero-order valence-electron chi connectivity index (χ0n) is 10.8. The highest BCUT2D eigenvalue weighted by molar-refractivity contribution is 7.84. The van der Waals surface area contributed by atoms with E-state index in [0.717, 1.165) is 6.42 Å². The lowest BCUT2D eigenvalue weighted by molar-refractivity contribution is 0.0695. The maximum absolute atomic E-state index is 11.2. The number of aromatic nitrogens is 1. The molecule has 5 nitrogen and oxygen atoms in total. The number of nitrogens with one attached hydrogen (secondary N) is 1. The number of carboxylic acid groups (broad SMARTS) is 1. The summed E-state index contributed by atoms with van der Waals surface area (Å²) in [5.41, 5.74) is 0.697. The van der Waals surface area contributed by atoms with E-state index in [9.17, 15) is 9.00 Å². The summed E-state index contributed by atoms with van der Waals surface area (Å²) in [6.45, 7) is 4.27. The van der Waals surface area contributed by atoms with Gasteiger partial charge in [0.2, 0.25) is 0 Å². The number of hydrogen-bond donors (Lipinski definition) is 2. The van der Waals surface area contributed by atoms with Gasteiger partial charge in [-0.15, -0.1) is 0 Å². The summed E-state index contributed by atoms with van der Waals surface area (Å²) in [7, 11) is -0.821. The van der Waals surface area contributed by atoms with Crippen LogP contribution in [0.4, 0.5) is 5.82 Å². The largest absolute Gasteiger partial charge is 0.478 e.